The number of ether oxygens (including phenoxy) is 1. The van der Waals surface area contributed by atoms with Crippen LogP contribution in [0.2, 0.25) is 0 Å². The van der Waals surface area contributed by atoms with Crippen molar-refractivity contribution in [1.82, 2.24) is 0 Å². The Hall–Kier alpha value is -0.530. The Labute approximate surface area is 147 Å². The zero-order valence-electron chi connectivity index (χ0n) is 15.5. The Bertz CT molecular complexity index is 518. The predicted octanol–water partition coefficient (Wildman–Crippen LogP) is 5.21. The van der Waals surface area contributed by atoms with Crippen LogP contribution in [0.15, 0.2) is 0 Å². The van der Waals surface area contributed by atoms with Crippen LogP contribution in [0.5, 0.6) is 0 Å². The zero-order chi connectivity index (χ0) is 16.5. The second-order valence-corrected chi connectivity index (χ2v) is 10.3. The van der Waals surface area contributed by atoms with E-state index in [1.807, 2.05) is 0 Å². The highest BCUT2D eigenvalue weighted by atomic mass is 16.6. The molecule has 0 amide bonds. The number of fused-ring (bicyclic) bond motifs is 9. The summed E-state index contributed by atoms with van der Waals surface area (Å²) in [7, 11) is 0. The molecule has 0 radical (unpaired) electrons. The number of carbonyl (C=O) groups excluding carboxylic acids is 1. The van der Waals surface area contributed by atoms with E-state index < -0.39 is 0 Å². The van der Waals surface area contributed by atoms with Crippen LogP contribution >= 0.6 is 0 Å². The van der Waals surface area contributed by atoms with Crippen LogP contribution in [0.4, 0.5) is 0 Å². The molecule has 0 aromatic carbocycles. The molecule has 5 rings (SSSR count). The van der Waals surface area contributed by atoms with Crippen LogP contribution in [-0.4, -0.2) is 11.6 Å². The van der Waals surface area contributed by atoms with E-state index in [4.69, 9.17) is 4.74 Å². The second kappa shape index (κ2) is 5.48. The Morgan fingerprint density at radius 2 is 1.54 bits per heavy atom. The minimum Gasteiger partial charge on any atom is -0.459 e. The van der Waals surface area contributed by atoms with E-state index >= 15 is 0 Å². The fourth-order valence-electron chi connectivity index (χ4n) is 8.05. The maximum atomic E-state index is 13.1. The molecule has 0 aromatic heterocycles. The average Bonchev–Trinajstić information content (AvgIpc) is 3.33. The second-order valence-electron chi connectivity index (χ2n) is 10.3. The molecule has 7 unspecified atom stereocenters. The molecule has 0 N–H and O–H groups in total. The van der Waals surface area contributed by atoms with Gasteiger partial charge in [0.2, 0.25) is 0 Å². The summed E-state index contributed by atoms with van der Waals surface area (Å²) in [5.74, 6) is 6.35. The van der Waals surface area contributed by atoms with Crippen molar-refractivity contribution >= 4 is 5.97 Å². The third kappa shape index (κ3) is 2.23. The fourth-order valence-corrected chi connectivity index (χ4v) is 8.05. The molecule has 5 fully saturated rings. The van der Waals surface area contributed by atoms with Crippen LogP contribution in [-0.2, 0) is 9.53 Å². The van der Waals surface area contributed by atoms with Gasteiger partial charge >= 0.3 is 5.97 Å². The summed E-state index contributed by atoms with van der Waals surface area (Å²) in [5.41, 5.74) is -0.257. The van der Waals surface area contributed by atoms with E-state index in [0.717, 1.165) is 36.0 Å². The lowest BCUT2D eigenvalue weighted by Gasteiger charge is -2.40. The maximum Gasteiger partial charge on any atom is 0.309 e. The normalized spacial score (nSPS) is 47.2. The molecule has 0 aromatic rings. The van der Waals surface area contributed by atoms with E-state index in [1.165, 1.54) is 57.8 Å². The van der Waals surface area contributed by atoms with Gasteiger partial charge in [0.05, 0.1) is 5.92 Å². The summed E-state index contributed by atoms with van der Waals surface area (Å²) < 4.78 is 6.20. The Morgan fingerprint density at radius 3 is 2.29 bits per heavy atom. The highest BCUT2D eigenvalue weighted by Crippen LogP contribution is 2.69. The first-order valence-corrected chi connectivity index (χ1v) is 10.8. The Kier molecular flexibility index (Phi) is 3.59. The summed E-state index contributed by atoms with van der Waals surface area (Å²) in [4.78, 5) is 13.1. The van der Waals surface area contributed by atoms with Crippen LogP contribution in [0.25, 0.3) is 0 Å². The lowest BCUT2D eigenvalue weighted by molar-refractivity contribution is -0.171. The van der Waals surface area contributed by atoms with Crippen LogP contribution < -0.4 is 0 Å². The number of rotatable bonds is 3. The highest BCUT2D eigenvalue weighted by Gasteiger charge is 2.63. The first-order valence-electron chi connectivity index (χ1n) is 10.8. The molecule has 0 aliphatic heterocycles. The van der Waals surface area contributed by atoms with Crippen LogP contribution in [0, 0.1) is 47.3 Å². The van der Waals surface area contributed by atoms with Crippen molar-refractivity contribution in [3.63, 3.8) is 0 Å². The standard InChI is InChI=1S/C22H34O2/c1-22(2,16-6-4-3-5-7-16)24-21(23)18-12-15-11-17(18)20-14-9-8-13(10-14)19(15)20/h13-20H,3-12H2,1-2H3. The lowest BCUT2D eigenvalue weighted by Crippen LogP contribution is -2.42. The lowest BCUT2D eigenvalue weighted by atomic mass is 9.67. The molecule has 134 valence electrons. The van der Waals surface area contributed by atoms with Crippen molar-refractivity contribution in [2.45, 2.75) is 83.7 Å². The molecule has 2 heteroatoms. The van der Waals surface area contributed by atoms with Gasteiger partial charge in [-0.1, -0.05) is 19.3 Å². The number of esters is 1. The Morgan fingerprint density at radius 1 is 0.833 bits per heavy atom. The molecular weight excluding hydrogens is 296 g/mol. The predicted molar refractivity (Wildman–Crippen MR) is 94.3 cm³/mol. The number of hydrogen-bond acceptors (Lipinski definition) is 2. The van der Waals surface area contributed by atoms with E-state index in [2.05, 4.69) is 13.8 Å². The molecule has 0 heterocycles. The van der Waals surface area contributed by atoms with Gasteiger partial charge in [-0.05, 0) is 100 Å². The van der Waals surface area contributed by atoms with Crippen LogP contribution in [0.3, 0.4) is 0 Å². The minimum atomic E-state index is -0.257. The molecule has 5 aliphatic rings. The highest BCUT2D eigenvalue weighted by molar-refractivity contribution is 5.74. The van der Waals surface area contributed by atoms with Crippen molar-refractivity contribution in [2.75, 3.05) is 0 Å². The third-order valence-corrected chi connectivity index (χ3v) is 8.99. The SMILES string of the molecule is CC(C)(OC(=O)C1CC2CC1C1C3CCC(C3)C21)C1CCCCC1. The van der Waals surface area contributed by atoms with Crippen molar-refractivity contribution in [3.8, 4) is 0 Å². The first-order chi connectivity index (χ1) is 11.5. The van der Waals surface area contributed by atoms with E-state index in [0.29, 0.717) is 11.8 Å². The summed E-state index contributed by atoms with van der Waals surface area (Å²) >= 11 is 0. The average molecular weight is 331 g/mol. The van der Waals surface area contributed by atoms with Crippen molar-refractivity contribution in [3.05, 3.63) is 0 Å². The first kappa shape index (κ1) is 15.7. The molecular formula is C22H34O2. The van der Waals surface area contributed by atoms with Gasteiger partial charge in [0, 0.05) is 0 Å². The molecule has 24 heavy (non-hydrogen) atoms. The van der Waals surface area contributed by atoms with Gasteiger partial charge in [0.25, 0.3) is 0 Å². The minimum absolute atomic E-state index is 0.166. The topological polar surface area (TPSA) is 26.3 Å². The van der Waals surface area contributed by atoms with Gasteiger partial charge in [-0.2, -0.15) is 0 Å². The Balaban J connectivity index is 1.27. The molecule has 7 atom stereocenters. The largest absolute Gasteiger partial charge is 0.459 e. The summed E-state index contributed by atoms with van der Waals surface area (Å²) in [6, 6.07) is 0. The molecule has 2 nitrogen and oxygen atoms in total. The van der Waals surface area contributed by atoms with E-state index in [-0.39, 0.29) is 17.5 Å². The number of carbonyl (C=O) groups is 1. The van der Waals surface area contributed by atoms with Gasteiger partial charge < -0.3 is 4.74 Å². The fraction of sp³-hybridized carbons (Fsp3) is 0.955. The van der Waals surface area contributed by atoms with Gasteiger partial charge in [-0.15, -0.1) is 0 Å². The molecule has 0 saturated heterocycles. The van der Waals surface area contributed by atoms with E-state index in [1.54, 1.807) is 0 Å². The molecule has 0 spiro atoms. The van der Waals surface area contributed by atoms with Gasteiger partial charge in [-0.3, -0.25) is 4.79 Å². The summed E-state index contributed by atoms with van der Waals surface area (Å²) in [5, 5.41) is 0. The van der Waals surface area contributed by atoms with Gasteiger partial charge in [0.1, 0.15) is 5.60 Å². The van der Waals surface area contributed by atoms with E-state index in [9.17, 15) is 4.79 Å². The smallest absolute Gasteiger partial charge is 0.309 e. The molecule has 5 aliphatic carbocycles. The number of hydrogen-bond donors (Lipinski definition) is 0. The third-order valence-electron chi connectivity index (χ3n) is 8.99. The zero-order valence-corrected chi connectivity index (χ0v) is 15.5. The van der Waals surface area contributed by atoms with Gasteiger partial charge in [0.15, 0.2) is 0 Å². The molecule has 4 bridgehead atoms. The van der Waals surface area contributed by atoms with Gasteiger partial charge in [-0.25, -0.2) is 0 Å². The summed E-state index contributed by atoms with van der Waals surface area (Å²) in [6.45, 7) is 4.35. The van der Waals surface area contributed by atoms with Crippen LogP contribution in [0.1, 0.15) is 78.1 Å². The summed E-state index contributed by atoms with van der Waals surface area (Å²) in [6.07, 6.45) is 13.4. The van der Waals surface area contributed by atoms with Crippen molar-refractivity contribution in [2.24, 2.45) is 47.3 Å². The molecule has 5 saturated carbocycles. The maximum absolute atomic E-state index is 13.1. The monoisotopic (exact) mass is 330 g/mol. The quantitative estimate of drug-likeness (QED) is 0.525. The van der Waals surface area contributed by atoms with Crippen molar-refractivity contribution in [1.29, 1.82) is 0 Å². The van der Waals surface area contributed by atoms with Crippen molar-refractivity contribution < 1.29 is 9.53 Å².